The largest absolute Gasteiger partial charge is 0.0665 e. The first-order chi connectivity index (χ1) is 7.36. The van der Waals surface area contributed by atoms with Crippen LogP contribution in [0.4, 0.5) is 0 Å². The van der Waals surface area contributed by atoms with E-state index in [0.717, 1.165) is 16.0 Å². The lowest BCUT2D eigenvalue weighted by Crippen LogP contribution is -1.95. The number of benzene rings is 1. The van der Waals surface area contributed by atoms with Gasteiger partial charge in [-0.05, 0) is 48.0 Å². The lowest BCUT2D eigenvalue weighted by atomic mass is 10.3. The van der Waals surface area contributed by atoms with E-state index in [-0.39, 0.29) is 7.92 Å². The molecule has 1 aromatic rings. The van der Waals surface area contributed by atoms with Gasteiger partial charge in [0.25, 0.3) is 0 Å². The third-order valence-electron chi connectivity index (χ3n) is 5.75. The van der Waals surface area contributed by atoms with Crippen LogP contribution in [-0.2, 0) is 0 Å². The molecular weight excluding hydrogens is 199 g/mol. The molecule has 0 nitrogen and oxygen atoms in total. The second-order valence-corrected chi connectivity index (χ2v) is 8.40. The molecule has 3 aliphatic carbocycles. The minimum atomic E-state index is 0.271. The Kier molecular flexibility index (Phi) is 1.01. The predicted octanol–water partition coefficient (Wildman–Crippen LogP) is 3.12. The summed E-state index contributed by atoms with van der Waals surface area (Å²) in [5.74, 6) is 0. The van der Waals surface area contributed by atoms with Crippen LogP contribution in [0.3, 0.4) is 0 Å². The van der Waals surface area contributed by atoms with Crippen LogP contribution < -0.4 is 5.30 Å². The van der Waals surface area contributed by atoms with E-state index in [0.29, 0.717) is 0 Å². The molecule has 0 N–H and O–H groups in total. The van der Waals surface area contributed by atoms with Crippen molar-refractivity contribution in [3.05, 3.63) is 30.3 Å². The highest BCUT2D eigenvalue weighted by Crippen LogP contribution is 3.08. The highest BCUT2D eigenvalue weighted by Gasteiger charge is 3.01. The summed E-state index contributed by atoms with van der Waals surface area (Å²) < 4.78 is 0. The second kappa shape index (κ2) is 1.93. The normalized spacial score (nSPS) is 38.3. The summed E-state index contributed by atoms with van der Waals surface area (Å²) in [5.41, 5.74) is 1.84. The third kappa shape index (κ3) is 0.598. The molecule has 0 radical (unpaired) electrons. The molecule has 5 rings (SSSR count). The van der Waals surface area contributed by atoms with E-state index in [2.05, 4.69) is 30.3 Å². The molecular formula is C14H15P. The maximum Gasteiger partial charge on any atom is 0.0112 e. The molecule has 3 saturated carbocycles. The summed E-state index contributed by atoms with van der Waals surface area (Å²) in [7, 11) is 0.271. The zero-order chi connectivity index (χ0) is 9.73. The fourth-order valence-corrected chi connectivity index (χ4v) is 9.09. The Balaban J connectivity index is 1.58. The molecule has 15 heavy (non-hydrogen) atoms. The van der Waals surface area contributed by atoms with Gasteiger partial charge in [0.1, 0.15) is 0 Å². The summed E-state index contributed by atoms with van der Waals surface area (Å²) in [6.07, 6.45) is 7.92. The summed E-state index contributed by atoms with van der Waals surface area (Å²) >= 11 is 0. The van der Waals surface area contributed by atoms with E-state index >= 15 is 0 Å². The summed E-state index contributed by atoms with van der Waals surface area (Å²) in [4.78, 5) is 0. The van der Waals surface area contributed by atoms with Gasteiger partial charge in [-0.15, -0.1) is 0 Å². The van der Waals surface area contributed by atoms with Crippen molar-refractivity contribution in [3.63, 3.8) is 0 Å². The first kappa shape index (κ1) is 7.85. The Morgan fingerprint density at radius 2 is 1.47 bits per heavy atom. The highest BCUT2D eigenvalue weighted by molar-refractivity contribution is 7.75. The quantitative estimate of drug-likeness (QED) is 0.630. The van der Waals surface area contributed by atoms with Crippen molar-refractivity contribution >= 4 is 13.2 Å². The Labute approximate surface area is 91.8 Å². The topological polar surface area (TPSA) is 0 Å². The Morgan fingerprint density at radius 1 is 0.867 bits per heavy atom. The van der Waals surface area contributed by atoms with Crippen LogP contribution in [0, 0.1) is 10.8 Å². The van der Waals surface area contributed by atoms with Crippen LogP contribution in [0.2, 0.25) is 0 Å². The first-order valence-electron chi connectivity index (χ1n) is 6.19. The van der Waals surface area contributed by atoms with Crippen LogP contribution >= 0.6 is 7.92 Å². The highest BCUT2D eigenvalue weighted by atomic mass is 31.1. The van der Waals surface area contributed by atoms with E-state index in [9.17, 15) is 0 Å². The van der Waals surface area contributed by atoms with E-state index < -0.39 is 0 Å². The Hall–Kier alpha value is -0.350. The minimum Gasteiger partial charge on any atom is -0.0665 e. The van der Waals surface area contributed by atoms with Crippen molar-refractivity contribution < 1.29 is 0 Å². The van der Waals surface area contributed by atoms with Crippen molar-refractivity contribution in [2.75, 3.05) is 6.16 Å². The molecule has 1 heteroatoms. The average molecular weight is 214 g/mol. The van der Waals surface area contributed by atoms with Gasteiger partial charge >= 0.3 is 0 Å². The minimum absolute atomic E-state index is 0.271. The molecule has 3 spiro atoms. The van der Waals surface area contributed by atoms with Crippen molar-refractivity contribution in [3.8, 4) is 0 Å². The molecule has 1 saturated heterocycles. The zero-order valence-corrected chi connectivity index (χ0v) is 9.76. The molecule has 4 aliphatic rings. The van der Waals surface area contributed by atoms with Crippen molar-refractivity contribution in [2.45, 2.75) is 30.8 Å². The van der Waals surface area contributed by atoms with Gasteiger partial charge in [-0.3, -0.25) is 0 Å². The van der Waals surface area contributed by atoms with Gasteiger partial charge in [0.2, 0.25) is 0 Å². The maximum atomic E-state index is 2.38. The van der Waals surface area contributed by atoms with Gasteiger partial charge in [0.05, 0.1) is 0 Å². The van der Waals surface area contributed by atoms with Crippen molar-refractivity contribution in [2.24, 2.45) is 10.8 Å². The van der Waals surface area contributed by atoms with Crippen LogP contribution in [0.1, 0.15) is 25.7 Å². The van der Waals surface area contributed by atoms with Gasteiger partial charge in [-0.25, -0.2) is 0 Å². The molecule has 1 heterocycles. The summed E-state index contributed by atoms with van der Waals surface area (Å²) in [5, 5.41) is 2.60. The fourth-order valence-electron chi connectivity index (χ4n) is 4.87. The maximum absolute atomic E-state index is 2.38. The number of rotatable bonds is 1. The lowest BCUT2D eigenvalue weighted by molar-refractivity contribution is 0.716. The van der Waals surface area contributed by atoms with Gasteiger partial charge < -0.3 is 0 Å². The number of fused-ring (bicyclic) bond motifs is 3. The van der Waals surface area contributed by atoms with Crippen LogP contribution in [0.5, 0.6) is 0 Å². The second-order valence-electron chi connectivity index (χ2n) is 5.95. The van der Waals surface area contributed by atoms with Gasteiger partial charge in [0, 0.05) is 5.16 Å². The first-order valence-corrected chi connectivity index (χ1v) is 7.72. The standard InChI is InChI=1S/C14H15P/c1-2-4-11(5-3-1)15-10-14(15)12(6-7-12)13(14)8-9-13/h1-5H,6-10H2. The SMILES string of the molecule is c1ccc(P2CC23C2(CC2)C32CC2)cc1. The molecule has 1 aliphatic heterocycles. The molecule has 4 fully saturated rings. The lowest BCUT2D eigenvalue weighted by Gasteiger charge is -1.98. The molecule has 0 aromatic heterocycles. The van der Waals surface area contributed by atoms with E-state index in [1.807, 2.05) is 0 Å². The smallest absolute Gasteiger partial charge is 0.0112 e. The average Bonchev–Trinajstić information content (AvgIpc) is 3.09. The number of hydrogen-bond donors (Lipinski definition) is 0. The predicted molar refractivity (Wildman–Crippen MR) is 63.9 cm³/mol. The van der Waals surface area contributed by atoms with Gasteiger partial charge in [0.15, 0.2) is 0 Å². The molecule has 1 unspecified atom stereocenters. The van der Waals surface area contributed by atoms with Gasteiger partial charge in [-0.1, -0.05) is 38.3 Å². The Morgan fingerprint density at radius 3 is 2.00 bits per heavy atom. The molecule has 1 atom stereocenters. The Bertz CT molecular complexity index is 435. The zero-order valence-electron chi connectivity index (χ0n) is 8.87. The van der Waals surface area contributed by atoms with E-state index in [4.69, 9.17) is 0 Å². The van der Waals surface area contributed by atoms with E-state index in [1.165, 1.54) is 0 Å². The monoisotopic (exact) mass is 214 g/mol. The molecule has 0 bridgehead atoms. The van der Waals surface area contributed by atoms with Crippen molar-refractivity contribution in [1.82, 2.24) is 0 Å². The fraction of sp³-hybridized carbons (Fsp3) is 0.571. The summed E-state index contributed by atoms with van der Waals surface area (Å²) in [6.45, 7) is 0. The molecule has 76 valence electrons. The van der Waals surface area contributed by atoms with E-state index in [1.54, 1.807) is 37.1 Å². The summed E-state index contributed by atoms with van der Waals surface area (Å²) in [6, 6.07) is 11.4. The van der Waals surface area contributed by atoms with Crippen LogP contribution in [0.15, 0.2) is 30.3 Å². The van der Waals surface area contributed by atoms with Crippen molar-refractivity contribution in [1.29, 1.82) is 0 Å². The van der Waals surface area contributed by atoms with Gasteiger partial charge in [-0.2, -0.15) is 0 Å². The van der Waals surface area contributed by atoms with Crippen LogP contribution in [-0.4, -0.2) is 11.3 Å². The van der Waals surface area contributed by atoms with Crippen LogP contribution in [0.25, 0.3) is 0 Å². The number of hydrogen-bond acceptors (Lipinski definition) is 0. The molecule has 1 aromatic carbocycles. The molecule has 0 amide bonds. The third-order valence-corrected chi connectivity index (χ3v) is 9.02.